The number of nitrogens with two attached hydrogens (primary N) is 1. The number of amides is 1. The first kappa shape index (κ1) is 13.7. The molecule has 1 atom stereocenters. The molecule has 1 aromatic rings. The maximum Gasteiger partial charge on any atom is 0.228 e. The number of nitrogen functional groups attached to an aromatic ring is 1. The van der Waals surface area contributed by atoms with E-state index in [0.29, 0.717) is 23.5 Å². The van der Waals surface area contributed by atoms with E-state index in [9.17, 15) is 13.2 Å². The highest BCUT2D eigenvalue weighted by atomic mass is 32.2. The highest BCUT2D eigenvalue weighted by molar-refractivity contribution is 7.91. The fourth-order valence-electron chi connectivity index (χ4n) is 2.04. The van der Waals surface area contributed by atoms with Gasteiger partial charge in [0.05, 0.1) is 30.2 Å². The number of anilines is 2. The summed E-state index contributed by atoms with van der Waals surface area (Å²) in [5.41, 5.74) is 6.69. The van der Waals surface area contributed by atoms with Crippen LogP contribution >= 0.6 is 0 Å². The van der Waals surface area contributed by atoms with E-state index in [1.807, 2.05) is 0 Å². The molecule has 6 nitrogen and oxygen atoms in total. The molecule has 0 bridgehead atoms. The minimum Gasteiger partial charge on any atom is -0.495 e. The van der Waals surface area contributed by atoms with E-state index >= 15 is 0 Å². The molecule has 1 unspecified atom stereocenters. The Morgan fingerprint density at radius 3 is 2.79 bits per heavy atom. The Hall–Kier alpha value is -1.76. The van der Waals surface area contributed by atoms with Crippen LogP contribution < -0.4 is 15.8 Å². The van der Waals surface area contributed by atoms with Crippen molar-refractivity contribution in [2.75, 3.05) is 29.7 Å². The van der Waals surface area contributed by atoms with Gasteiger partial charge >= 0.3 is 0 Å². The van der Waals surface area contributed by atoms with Crippen molar-refractivity contribution in [1.82, 2.24) is 0 Å². The van der Waals surface area contributed by atoms with Crippen LogP contribution in [0.2, 0.25) is 0 Å². The van der Waals surface area contributed by atoms with E-state index < -0.39 is 15.8 Å². The topological polar surface area (TPSA) is 98.5 Å². The predicted molar refractivity (Wildman–Crippen MR) is 72.8 cm³/mol. The number of hydrogen-bond donors (Lipinski definition) is 2. The number of nitrogens with one attached hydrogen (secondary N) is 1. The second-order valence-electron chi connectivity index (χ2n) is 4.55. The molecule has 19 heavy (non-hydrogen) atoms. The van der Waals surface area contributed by atoms with Gasteiger partial charge in [-0.25, -0.2) is 8.42 Å². The molecule has 0 spiro atoms. The van der Waals surface area contributed by atoms with Gasteiger partial charge in [0.2, 0.25) is 5.91 Å². The zero-order chi connectivity index (χ0) is 14.0. The first-order chi connectivity index (χ1) is 8.91. The number of hydrogen-bond acceptors (Lipinski definition) is 5. The molecule has 0 aromatic heterocycles. The van der Waals surface area contributed by atoms with Gasteiger partial charge < -0.3 is 15.8 Å². The van der Waals surface area contributed by atoms with E-state index in [2.05, 4.69) is 5.32 Å². The maximum absolute atomic E-state index is 11.9. The molecule has 1 amide bonds. The van der Waals surface area contributed by atoms with Crippen LogP contribution in [0.3, 0.4) is 0 Å². The van der Waals surface area contributed by atoms with Crippen molar-refractivity contribution in [2.24, 2.45) is 5.92 Å². The smallest absolute Gasteiger partial charge is 0.228 e. The summed E-state index contributed by atoms with van der Waals surface area (Å²) in [6.45, 7) is 0. The molecule has 1 heterocycles. The molecule has 2 rings (SSSR count). The van der Waals surface area contributed by atoms with Gasteiger partial charge in [0.25, 0.3) is 0 Å². The lowest BCUT2D eigenvalue weighted by molar-refractivity contribution is -0.119. The summed E-state index contributed by atoms with van der Waals surface area (Å²) in [4.78, 5) is 11.9. The Kier molecular flexibility index (Phi) is 3.66. The Labute approximate surface area is 111 Å². The largest absolute Gasteiger partial charge is 0.495 e. The van der Waals surface area contributed by atoms with Crippen molar-refractivity contribution in [3.05, 3.63) is 18.2 Å². The van der Waals surface area contributed by atoms with E-state index in [-0.39, 0.29) is 17.4 Å². The highest BCUT2D eigenvalue weighted by Gasteiger charge is 2.32. The standard InChI is InChI=1S/C12H16N2O4S/c1-18-11-6-9(2-3-10(11)13)14-12(15)8-4-5-19(16,17)7-8/h2-3,6,8H,4-5,7,13H2,1H3,(H,14,15). The maximum atomic E-state index is 11.9. The molecule has 0 saturated carbocycles. The second kappa shape index (κ2) is 5.08. The third kappa shape index (κ3) is 3.17. The molecule has 1 aliphatic heterocycles. The summed E-state index contributed by atoms with van der Waals surface area (Å²) in [5, 5.41) is 2.68. The van der Waals surface area contributed by atoms with Gasteiger partial charge in [-0.3, -0.25) is 4.79 Å². The van der Waals surface area contributed by atoms with Crippen LogP contribution in [-0.4, -0.2) is 32.9 Å². The SMILES string of the molecule is COc1cc(NC(=O)C2CCS(=O)(=O)C2)ccc1N. The molecule has 0 aliphatic carbocycles. The first-order valence-electron chi connectivity index (χ1n) is 5.86. The van der Waals surface area contributed by atoms with Gasteiger partial charge in [0, 0.05) is 11.8 Å². The lowest BCUT2D eigenvalue weighted by Crippen LogP contribution is -2.23. The number of carbonyl (C=O) groups excluding carboxylic acids is 1. The van der Waals surface area contributed by atoms with Crippen molar-refractivity contribution in [3.8, 4) is 5.75 Å². The molecule has 3 N–H and O–H groups in total. The van der Waals surface area contributed by atoms with Crippen LogP contribution in [0.15, 0.2) is 18.2 Å². The van der Waals surface area contributed by atoms with E-state index in [4.69, 9.17) is 10.5 Å². The third-order valence-electron chi connectivity index (χ3n) is 3.10. The summed E-state index contributed by atoms with van der Waals surface area (Å²) in [6, 6.07) is 4.88. The monoisotopic (exact) mass is 284 g/mol. The van der Waals surface area contributed by atoms with Crippen molar-refractivity contribution in [3.63, 3.8) is 0 Å². The van der Waals surface area contributed by atoms with Crippen LogP contribution in [0.5, 0.6) is 5.75 Å². The molecular weight excluding hydrogens is 268 g/mol. The van der Waals surface area contributed by atoms with Crippen molar-refractivity contribution in [2.45, 2.75) is 6.42 Å². The molecule has 1 aromatic carbocycles. The van der Waals surface area contributed by atoms with Crippen LogP contribution in [-0.2, 0) is 14.6 Å². The van der Waals surface area contributed by atoms with Gasteiger partial charge in [0.1, 0.15) is 5.75 Å². The molecular formula is C12H16N2O4S. The minimum atomic E-state index is -3.06. The summed E-state index contributed by atoms with van der Waals surface area (Å²) in [7, 11) is -1.57. The predicted octanol–water partition coefficient (Wildman–Crippen LogP) is 0.651. The summed E-state index contributed by atoms with van der Waals surface area (Å²) in [5.74, 6) is -0.292. The molecule has 1 aliphatic rings. The minimum absolute atomic E-state index is 0.0784. The third-order valence-corrected chi connectivity index (χ3v) is 4.87. The van der Waals surface area contributed by atoms with E-state index in [1.165, 1.54) is 7.11 Å². The van der Waals surface area contributed by atoms with Gasteiger partial charge in [-0.15, -0.1) is 0 Å². The van der Waals surface area contributed by atoms with E-state index in [1.54, 1.807) is 18.2 Å². The van der Waals surface area contributed by atoms with Crippen molar-refractivity contribution >= 4 is 27.1 Å². The lowest BCUT2D eigenvalue weighted by Gasteiger charge is -2.11. The fourth-order valence-corrected chi connectivity index (χ4v) is 3.78. The van der Waals surface area contributed by atoms with Crippen LogP contribution in [0.1, 0.15) is 6.42 Å². The van der Waals surface area contributed by atoms with Gasteiger partial charge in [-0.1, -0.05) is 0 Å². The van der Waals surface area contributed by atoms with Crippen LogP contribution in [0.4, 0.5) is 11.4 Å². The number of ether oxygens (including phenoxy) is 1. The first-order valence-corrected chi connectivity index (χ1v) is 7.68. The van der Waals surface area contributed by atoms with Gasteiger partial charge in [-0.05, 0) is 18.6 Å². The summed E-state index contributed by atoms with van der Waals surface area (Å²) < 4.78 is 27.7. The van der Waals surface area contributed by atoms with Gasteiger partial charge in [-0.2, -0.15) is 0 Å². The van der Waals surface area contributed by atoms with Crippen LogP contribution in [0.25, 0.3) is 0 Å². The Morgan fingerprint density at radius 1 is 1.47 bits per heavy atom. The molecule has 1 saturated heterocycles. The number of methoxy groups -OCH3 is 1. The normalized spacial score (nSPS) is 21.0. The van der Waals surface area contributed by atoms with Crippen molar-refractivity contribution in [1.29, 1.82) is 0 Å². The molecule has 104 valence electrons. The quantitative estimate of drug-likeness (QED) is 0.794. The summed E-state index contributed by atoms with van der Waals surface area (Å²) >= 11 is 0. The Bertz CT molecular complexity index is 598. The fraction of sp³-hybridized carbons (Fsp3) is 0.417. The average Bonchev–Trinajstić information content (AvgIpc) is 2.72. The number of sulfone groups is 1. The van der Waals surface area contributed by atoms with E-state index in [0.717, 1.165) is 0 Å². The Morgan fingerprint density at radius 2 is 2.21 bits per heavy atom. The zero-order valence-electron chi connectivity index (χ0n) is 10.5. The zero-order valence-corrected chi connectivity index (χ0v) is 11.4. The second-order valence-corrected chi connectivity index (χ2v) is 6.77. The number of carbonyl (C=O) groups is 1. The summed E-state index contributed by atoms with van der Waals surface area (Å²) in [6.07, 6.45) is 0.375. The number of benzene rings is 1. The highest BCUT2D eigenvalue weighted by Crippen LogP contribution is 2.26. The van der Waals surface area contributed by atoms with Gasteiger partial charge in [0.15, 0.2) is 9.84 Å². The Balaban J connectivity index is 2.07. The molecule has 0 radical (unpaired) electrons. The molecule has 7 heteroatoms. The number of rotatable bonds is 3. The van der Waals surface area contributed by atoms with Crippen LogP contribution in [0, 0.1) is 5.92 Å². The molecule has 1 fully saturated rings. The lowest BCUT2D eigenvalue weighted by atomic mass is 10.1. The average molecular weight is 284 g/mol. The van der Waals surface area contributed by atoms with Crippen molar-refractivity contribution < 1.29 is 17.9 Å².